The number of rotatable bonds is 3. The van der Waals surface area contributed by atoms with Crippen molar-refractivity contribution in [1.29, 1.82) is 0 Å². The lowest BCUT2D eigenvalue weighted by molar-refractivity contribution is 0.273. The molecular formula is C12H19N3O. The van der Waals surface area contributed by atoms with Crippen LogP contribution in [0.15, 0.2) is 18.2 Å². The molecule has 3 N–H and O–H groups in total. The number of benzene rings is 1. The number of nitrogens with two attached hydrogens (primary N) is 1. The zero-order valence-electron chi connectivity index (χ0n) is 9.70. The van der Waals surface area contributed by atoms with Crippen LogP contribution in [0.25, 0.3) is 0 Å². The third-order valence-corrected chi connectivity index (χ3v) is 2.92. The molecule has 4 nitrogen and oxygen atoms in total. The second kappa shape index (κ2) is 5.07. The molecule has 1 aliphatic rings. The number of nitrogens with one attached hydrogen (secondary N) is 1. The standard InChI is InChI=1S/C12H19N3O/c1-16-11-7-5-6-10(12(11)13)14-15-8-3-2-4-9-15/h5-7,14H,2-4,8-9,13H2,1H3. The maximum absolute atomic E-state index is 6.00. The third kappa shape index (κ3) is 2.39. The van der Waals surface area contributed by atoms with E-state index in [2.05, 4.69) is 10.4 Å². The summed E-state index contributed by atoms with van der Waals surface area (Å²) >= 11 is 0. The molecule has 0 aromatic heterocycles. The van der Waals surface area contributed by atoms with Gasteiger partial charge in [-0.25, -0.2) is 5.01 Å². The van der Waals surface area contributed by atoms with Gasteiger partial charge in [-0.05, 0) is 25.0 Å². The van der Waals surface area contributed by atoms with Crippen molar-refractivity contribution in [3.8, 4) is 5.75 Å². The minimum atomic E-state index is 0.676. The minimum absolute atomic E-state index is 0.676. The Bertz CT molecular complexity index is 348. The van der Waals surface area contributed by atoms with Gasteiger partial charge in [0, 0.05) is 13.1 Å². The van der Waals surface area contributed by atoms with Crippen molar-refractivity contribution in [3.63, 3.8) is 0 Å². The lowest BCUT2D eigenvalue weighted by Gasteiger charge is -2.28. The molecule has 1 saturated heterocycles. The molecule has 0 atom stereocenters. The highest BCUT2D eigenvalue weighted by atomic mass is 16.5. The van der Waals surface area contributed by atoms with Crippen LogP contribution >= 0.6 is 0 Å². The van der Waals surface area contributed by atoms with Crippen LogP contribution in [0, 0.1) is 0 Å². The number of para-hydroxylation sites is 1. The zero-order valence-corrected chi connectivity index (χ0v) is 9.70. The van der Waals surface area contributed by atoms with Crippen LogP contribution in [0.1, 0.15) is 19.3 Å². The Hall–Kier alpha value is -1.42. The van der Waals surface area contributed by atoms with E-state index in [1.807, 2.05) is 18.2 Å². The van der Waals surface area contributed by atoms with Crippen LogP contribution in [0.2, 0.25) is 0 Å². The van der Waals surface area contributed by atoms with E-state index in [9.17, 15) is 0 Å². The number of nitrogen functional groups attached to an aromatic ring is 1. The highest BCUT2D eigenvalue weighted by Crippen LogP contribution is 2.29. The van der Waals surface area contributed by atoms with Crippen LogP contribution in [0.5, 0.6) is 5.75 Å². The van der Waals surface area contributed by atoms with E-state index in [1.54, 1.807) is 7.11 Å². The van der Waals surface area contributed by atoms with Crippen molar-refractivity contribution in [2.24, 2.45) is 0 Å². The summed E-state index contributed by atoms with van der Waals surface area (Å²) in [4.78, 5) is 0. The van der Waals surface area contributed by atoms with E-state index in [4.69, 9.17) is 10.5 Å². The number of hydrazine groups is 1. The Morgan fingerprint density at radius 3 is 2.69 bits per heavy atom. The summed E-state index contributed by atoms with van der Waals surface area (Å²) in [6.45, 7) is 2.16. The molecule has 1 heterocycles. The highest BCUT2D eigenvalue weighted by Gasteiger charge is 2.12. The molecule has 0 radical (unpaired) electrons. The highest BCUT2D eigenvalue weighted by molar-refractivity contribution is 5.72. The third-order valence-electron chi connectivity index (χ3n) is 2.92. The molecule has 1 aliphatic heterocycles. The summed E-state index contributed by atoms with van der Waals surface area (Å²) in [6.07, 6.45) is 3.82. The minimum Gasteiger partial charge on any atom is -0.495 e. The van der Waals surface area contributed by atoms with Gasteiger partial charge in [0.15, 0.2) is 0 Å². The van der Waals surface area contributed by atoms with Crippen LogP contribution < -0.4 is 15.9 Å². The number of ether oxygens (including phenoxy) is 1. The van der Waals surface area contributed by atoms with E-state index in [-0.39, 0.29) is 0 Å². The molecule has 0 spiro atoms. The number of hydrogen-bond donors (Lipinski definition) is 2. The molecule has 4 heteroatoms. The van der Waals surface area contributed by atoms with E-state index in [0.717, 1.165) is 24.5 Å². The molecule has 0 aliphatic carbocycles. The lowest BCUT2D eigenvalue weighted by atomic mass is 10.2. The second-order valence-corrected chi connectivity index (χ2v) is 4.08. The van der Waals surface area contributed by atoms with E-state index in [1.165, 1.54) is 19.3 Å². The maximum Gasteiger partial charge on any atom is 0.143 e. The van der Waals surface area contributed by atoms with Crippen LogP contribution in [-0.4, -0.2) is 25.2 Å². The van der Waals surface area contributed by atoms with Crippen molar-refractivity contribution in [2.45, 2.75) is 19.3 Å². The van der Waals surface area contributed by atoms with Gasteiger partial charge in [-0.2, -0.15) is 0 Å². The first-order chi connectivity index (χ1) is 7.81. The summed E-state index contributed by atoms with van der Waals surface area (Å²) in [5.74, 6) is 0.724. The topological polar surface area (TPSA) is 50.5 Å². The van der Waals surface area contributed by atoms with E-state index < -0.39 is 0 Å². The maximum atomic E-state index is 6.00. The first-order valence-corrected chi connectivity index (χ1v) is 5.75. The Morgan fingerprint density at radius 2 is 2.00 bits per heavy atom. The summed E-state index contributed by atoms with van der Waals surface area (Å²) in [7, 11) is 1.64. The Balaban J connectivity index is 2.08. The Kier molecular flexibility index (Phi) is 3.51. The molecule has 88 valence electrons. The fourth-order valence-electron chi connectivity index (χ4n) is 2.00. The lowest BCUT2D eigenvalue weighted by Crippen LogP contribution is -2.35. The summed E-state index contributed by atoms with van der Waals surface area (Å²) < 4.78 is 5.19. The average Bonchev–Trinajstić information content (AvgIpc) is 2.33. The number of methoxy groups -OCH3 is 1. The van der Waals surface area contributed by atoms with Crippen molar-refractivity contribution >= 4 is 11.4 Å². The van der Waals surface area contributed by atoms with Crippen molar-refractivity contribution in [1.82, 2.24) is 5.01 Å². The van der Waals surface area contributed by atoms with E-state index in [0.29, 0.717) is 5.69 Å². The predicted octanol–water partition coefficient (Wildman–Crippen LogP) is 2.09. The molecule has 1 aromatic carbocycles. The molecule has 1 fully saturated rings. The second-order valence-electron chi connectivity index (χ2n) is 4.08. The van der Waals surface area contributed by atoms with Gasteiger partial charge in [0.05, 0.1) is 18.5 Å². The molecule has 0 amide bonds. The number of piperidine rings is 1. The molecular weight excluding hydrogens is 202 g/mol. The molecule has 1 aromatic rings. The van der Waals surface area contributed by atoms with Gasteiger partial charge >= 0.3 is 0 Å². The predicted molar refractivity (Wildman–Crippen MR) is 66.5 cm³/mol. The fourth-order valence-corrected chi connectivity index (χ4v) is 2.00. The SMILES string of the molecule is COc1cccc(NN2CCCCC2)c1N. The van der Waals surface area contributed by atoms with Gasteiger partial charge in [0.2, 0.25) is 0 Å². The van der Waals surface area contributed by atoms with Crippen molar-refractivity contribution in [2.75, 3.05) is 31.4 Å². The van der Waals surface area contributed by atoms with Gasteiger partial charge in [-0.1, -0.05) is 12.5 Å². The van der Waals surface area contributed by atoms with Gasteiger partial charge in [0.25, 0.3) is 0 Å². The molecule has 2 rings (SSSR count). The Morgan fingerprint density at radius 1 is 1.25 bits per heavy atom. The largest absolute Gasteiger partial charge is 0.495 e. The summed E-state index contributed by atoms with van der Waals surface area (Å²) in [6, 6.07) is 5.80. The fraction of sp³-hybridized carbons (Fsp3) is 0.500. The van der Waals surface area contributed by atoms with Gasteiger partial charge in [-0.15, -0.1) is 0 Å². The van der Waals surface area contributed by atoms with Gasteiger partial charge < -0.3 is 15.9 Å². The molecule has 0 unspecified atom stereocenters. The van der Waals surface area contributed by atoms with Crippen molar-refractivity contribution in [3.05, 3.63) is 18.2 Å². The average molecular weight is 221 g/mol. The van der Waals surface area contributed by atoms with Crippen molar-refractivity contribution < 1.29 is 4.74 Å². The van der Waals surface area contributed by atoms with Crippen LogP contribution in [0.3, 0.4) is 0 Å². The number of hydrogen-bond acceptors (Lipinski definition) is 4. The zero-order chi connectivity index (χ0) is 11.4. The smallest absolute Gasteiger partial charge is 0.143 e. The quantitative estimate of drug-likeness (QED) is 0.767. The Labute approximate surface area is 96.3 Å². The van der Waals surface area contributed by atoms with Gasteiger partial charge in [-0.3, -0.25) is 0 Å². The van der Waals surface area contributed by atoms with E-state index >= 15 is 0 Å². The summed E-state index contributed by atoms with van der Waals surface area (Å²) in [5, 5.41) is 2.22. The molecule has 0 saturated carbocycles. The molecule has 0 bridgehead atoms. The monoisotopic (exact) mass is 221 g/mol. The van der Waals surface area contributed by atoms with Gasteiger partial charge in [0.1, 0.15) is 5.75 Å². The normalized spacial score (nSPS) is 17.1. The number of anilines is 2. The van der Waals surface area contributed by atoms with Crippen LogP contribution in [-0.2, 0) is 0 Å². The molecule has 16 heavy (non-hydrogen) atoms. The number of nitrogens with zero attached hydrogens (tertiary/aromatic N) is 1. The summed E-state index contributed by atoms with van der Waals surface area (Å²) in [5.41, 5.74) is 11.0. The van der Waals surface area contributed by atoms with Crippen LogP contribution in [0.4, 0.5) is 11.4 Å². The first kappa shape index (κ1) is 11.1. The first-order valence-electron chi connectivity index (χ1n) is 5.75.